The van der Waals surface area contributed by atoms with Crippen molar-refractivity contribution in [2.45, 2.75) is 38.3 Å². The van der Waals surface area contributed by atoms with Crippen molar-refractivity contribution in [3.8, 4) is 17.0 Å². The molecule has 6 rings (SSSR count). The van der Waals surface area contributed by atoms with E-state index in [1.54, 1.807) is 7.11 Å². The molecule has 0 saturated carbocycles. The van der Waals surface area contributed by atoms with Crippen molar-refractivity contribution in [2.24, 2.45) is 11.8 Å². The minimum absolute atomic E-state index is 0.144. The number of benzene rings is 2. The van der Waals surface area contributed by atoms with E-state index in [4.69, 9.17) is 21.3 Å². The first kappa shape index (κ1) is 20.7. The second-order valence-corrected chi connectivity index (χ2v) is 9.39. The molecular formula is C26H29ClN2O2. The molecule has 162 valence electrons. The highest BCUT2D eigenvalue weighted by Gasteiger charge is 2.42. The van der Waals surface area contributed by atoms with Crippen molar-refractivity contribution in [1.82, 2.24) is 9.88 Å². The number of aliphatic hydroxyl groups excluding tert-OH is 1. The summed E-state index contributed by atoms with van der Waals surface area (Å²) in [7, 11) is 1.67. The number of fused-ring (bicyclic) bond motifs is 4. The Morgan fingerprint density at radius 3 is 2.81 bits per heavy atom. The van der Waals surface area contributed by atoms with Gasteiger partial charge in [-0.3, -0.25) is 4.90 Å². The Bertz CT molecular complexity index is 1100. The van der Waals surface area contributed by atoms with Crippen molar-refractivity contribution < 1.29 is 9.84 Å². The lowest BCUT2D eigenvalue weighted by Gasteiger charge is -2.51. The number of ether oxygens (including phenoxy) is 1. The van der Waals surface area contributed by atoms with Gasteiger partial charge in [-0.1, -0.05) is 37.1 Å². The molecule has 2 bridgehead atoms. The van der Waals surface area contributed by atoms with Gasteiger partial charge in [-0.15, -0.1) is 0 Å². The maximum atomic E-state index is 11.7. The van der Waals surface area contributed by atoms with E-state index in [0.29, 0.717) is 10.9 Å². The van der Waals surface area contributed by atoms with E-state index in [1.807, 2.05) is 48.5 Å². The summed E-state index contributed by atoms with van der Waals surface area (Å²) >= 11 is 6.25. The van der Waals surface area contributed by atoms with E-state index in [2.05, 4.69) is 11.8 Å². The quantitative estimate of drug-likeness (QED) is 0.555. The van der Waals surface area contributed by atoms with Gasteiger partial charge in [0, 0.05) is 28.6 Å². The molecule has 1 N–H and O–H groups in total. The minimum Gasteiger partial charge on any atom is -0.497 e. The summed E-state index contributed by atoms with van der Waals surface area (Å²) in [6, 6.07) is 15.8. The van der Waals surface area contributed by atoms with Crippen LogP contribution in [-0.4, -0.2) is 41.2 Å². The molecule has 3 saturated heterocycles. The summed E-state index contributed by atoms with van der Waals surface area (Å²) in [4.78, 5) is 7.39. The number of methoxy groups -OCH3 is 1. The molecule has 3 aromatic rings. The van der Waals surface area contributed by atoms with E-state index in [1.165, 1.54) is 12.8 Å². The Morgan fingerprint density at radius 2 is 2.10 bits per heavy atom. The zero-order valence-electron chi connectivity index (χ0n) is 18.1. The number of pyridine rings is 1. The monoisotopic (exact) mass is 436 g/mol. The lowest BCUT2D eigenvalue weighted by molar-refractivity contribution is -0.0562. The number of piperidine rings is 3. The lowest BCUT2D eigenvalue weighted by atomic mass is 9.72. The zero-order valence-corrected chi connectivity index (χ0v) is 18.8. The molecule has 5 atom stereocenters. The molecule has 2 unspecified atom stereocenters. The average molecular weight is 437 g/mol. The predicted molar refractivity (Wildman–Crippen MR) is 126 cm³/mol. The molecule has 0 radical (unpaired) electrons. The standard InChI is InChI=1S/C26H29ClN2O2/c1-3-16-15-29-10-9-17(16)12-25(29)26(30)22-14-24(18-5-4-6-19(27)11-18)28-23-8-7-20(31-2)13-21(22)23/h4-8,11,13-14,16-17,25-26,30H,3,9-10,12,15H2,1-2H3/t16-,17-,25?,26+/m0/s1. The molecule has 4 nitrogen and oxygen atoms in total. The van der Waals surface area contributed by atoms with Gasteiger partial charge in [0.25, 0.3) is 0 Å². The largest absolute Gasteiger partial charge is 0.497 e. The van der Waals surface area contributed by atoms with Gasteiger partial charge in [-0.2, -0.15) is 0 Å². The molecule has 0 spiro atoms. The van der Waals surface area contributed by atoms with Gasteiger partial charge in [-0.05, 0) is 73.2 Å². The Kier molecular flexibility index (Phi) is 5.63. The first-order valence-electron chi connectivity index (χ1n) is 11.2. The highest BCUT2D eigenvalue weighted by molar-refractivity contribution is 6.30. The molecule has 1 aromatic heterocycles. The maximum absolute atomic E-state index is 11.7. The fourth-order valence-electron chi connectivity index (χ4n) is 5.58. The normalized spacial score (nSPS) is 26.2. The highest BCUT2D eigenvalue weighted by atomic mass is 35.5. The summed E-state index contributed by atoms with van der Waals surface area (Å²) in [5, 5.41) is 13.3. The van der Waals surface area contributed by atoms with Crippen LogP contribution < -0.4 is 4.74 Å². The van der Waals surface area contributed by atoms with Gasteiger partial charge >= 0.3 is 0 Å². The van der Waals surface area contributed by atoms with Crippen LogP contribution in [0.15, 0.2) is 48.5 Å². The smallest absolute Gasteiger partial charge is 0.119 e. The van der Waals surface area contributed by atoms with Gasteiger partial charge < -0.3 is 9.84 Å². The third-order valence-electron chi connectivity index (χ3n) is 7.31. The molecule has 4 heterocycles. The number of aliphatic hydroxyl groups is 1. The van der Waals surface area contributed by atoms with Crippen LogP contribution in [0.1, 0.15) is 37.9 Å². The van der Waals surface area contributed by atoms with E-state index in [-0.39, 0.29) is 6.04 Å². The van der Waals surface area contributed by atoms with Gasteiger partial charge in [0.2, 0.25) is 0 Å². The number of nitrogens with zero attached hydrogens (tertiary/aromatic N) is 2. The summed E-state index contributed by atoms with van der Waals surface area (Å²) in [6.45, 7) is 4.46. The van der Waals surface area contributed by atoms with E-state index < -0.39 is 6.10 Å². The number of rotatable bonds is 5. The first-order chi connectivity index (χ1) is 15.1. The van der Waals surface area contributed by atoms with Crippen LogP contribution in [0.4, 0.5) is 0 Å². The first-order valence-corrected chi connectivity index (χ1v) is 11.6. The number of halogens is 1. The molecule has 3 aliphatic heterocycles. The molecule has 0 aliphatic carbocycles. The van der Waals surface area contributed by atoms with Crippen molar-refractivity contribution in [3.05, 3.63) is 59.1 Å². The van der Waals surface area contributed by atoms with Crippen LogP contribution in [-0.2, 0) is 0 Å². The van der Waals surface area contributed by atoms with E-state index in [9.17, 15) is 5.11 Å². The third-order valence-corrected chi connectivity index (χ3v) is 7.55. The summed E-state index contributed by atoms with van der Waals surface area (Å²) in [5.74, 6) is 2.24. The number of hydrogen-bond acceptors (Lipinski definition) is 4. The highest BCUT2D eigenvalue weighted by Crippen LogP contribution is 2.43. The fraction of sp³-hybridized carbons (Fsp3) is 0.423. The second-order valence-electron chi connectivity index (χ2n) is 8.95. The molecule has 3 fully saturated rings. The van der Waals surface area contributed by atoms with Crippen molar-refractivity contribution >= 4 is 22.5 Å². The fourth-order valence-corrected chi connectivity index (χ4v) is 5.77. The van der Waals surface area contributed by atoms with Crippen LogP contribution >= 0.6 is 11.6 Å². The lowest BCUT2D eigenvalue weighted by Crippen LogP contribution is -2.55. The summed E-state index contributed by atoms with van der Waals surface area (Å²) in [6.07, 6.45) is 2.95. The maximum Gasteiger partial charge on any atom is 0.119 e. The van der Waals surface area contributed by atoms with Crippen LogP contribution in [0.25, 0.3) is 22.2 Å². The van der Waals surface area contributed by atoms with Crippen molar-refractivity contribution in [1.29, 1.82) is 0 Å². The average Bonchev–Trinajstić information content (AvgIpc) is 2.82. The number of aromatic nitrogens is 1. The van der Waals surface area contributed by atoms with E-state index >= 15 is 0 Å². The Hall–Kier alpha value is -2.14. The molecule has 2 aromatic carbocycles. The van der Waals surface area contributed by atoms with Crippen LogP contribution in [0.5, 0.6) is 5.75 Å². The Morgan fingerprint density at radius 1 is 1.23 bits per heavy atom. The van der Waals surface area contributed by atoms with Crippen LogP contribution in [0, 0.1) is 11.8 Å². The molecule has 0 amide bonds. The summed E-state index contributed by atoms with van der Waals surface area (Å²) < 4.78 is 5.47. The van der Waals surface area contributed by atoms with Gasteiger partial charge in [-0.25, -0.2) is 4.98 Å². The Balaban J connectivity index is 1.60. The minimum atomic E-state index is -0.573. The van der Waals surface area contributed by atoms with Crippen molar-refractivity contribution in [2.75, 3.05) is 20.2 Å². The van der Waals surface area contributed by atoms with Crippen molar-refractivity contribution in [3.63, 3.8) is 0 Å². The SMILES string of the molecule is CC[C@H]1CN2CC[C@H]1CC2[C@H](O)c1cc(-c2cccc(Cl)c2)nc2ccc(OC)cc12. The van der Waals surface area contributed by atoms with Gasteiger partial charge in [0.05, 0.1) is 24.4 Å². The molecule has 5 heteroatoms. The number of hydrogen-bond donors (Lipinski definition) is 1. The predicted octanol–water partition coefficient (Wildman–Crippen LogP) is 5.72. The molecular weight excluding hydrogens is 408 g/mol. The zero-order chi connectivity index (χ0) is 21.5. The van der Waals surface area contributed by atoms with E-state index in [0.717, 1.165) is 58.9 Å². The Labute approximate surface area is 188 Å². The third kappa shape index (κ3) is 3.82. The van der Waals surface area contributed by atoms with Crippen LogP contribution in [0.3, 0.4) is 0 Å². The summed E-state index contributed by atoms with van der Waals surface area (Å²) in [5.41, 5.74) is 3.56. The molecule has 3 aliphatic rings. The molecule has 31 heavy (non-hydrogen) atoms. The van der Waals surface area contributed by atoms with Gasteiger partial charge in [0.15, 0.2) is 0 Å². The topological polar surface area (TPSA) is 45.6 Å². The second kappa shape index (κ2) is 8.42. The van der Waals surface area contributed by atoms with Crippen LogP contribution in [0.2, 0.25) is 5.02 Å². The van der Waals surface area contributed by atoms with Gasteiger partial charge in [0.1, 0.15) is 5.75 Å².